The van der Waals surface area contributed by atoms with Crippen molar-refractivity contribution in [2.24, 2.45) is 11.8 Å². The van der Waals surface area contributed by atoms with E-state index < -0.39 is 0 Å². The molecule has 0 atom stereocenters. The van der Waals surface area contributed by atoms with Crippen LogP contribution in [-0.2, 0) is 18.7 Å². The molecule has 1 aromatic heterocycles. The molecular weight excluding hydrogens is 272 g/mol. The highest BCUT2D eigenvalue weighted by Gasteiger charge is 2.10. The summed E-state index contributed by atoms with van der Waals surface area (Å²) in [7, 11) is 0. The number of nitrogens with one attached hydrogen (secondary N) is 1. The van der Waals surface area contributed by atoms with Crippen molar-refractivity contribution in [3.8, 4) is 0 Å². The van der Waals surface area contributed by atoms with Crippen molar-refractivity contribution in [2.45, 2.75) is 53.3 Å². The van der Waals surface area contributed by atoms with Crippen LogP contribution in [0.15, 0.2) is 0 Å². The molecule has 1 rings (SSSR count). The molecule has 0 saturated carbocycles. The number of hydrogen-bond donors (Lipinski definition) is 1. The van der Waals surface area contributed by atoms with E-state index in [2.05, 4.69) is 39.9 Å². The van der Waals surface area contributed by atoms with Crippen molar-refractivity contribution in [3.63, 3.8) is 0 Å². The van der Waals surface area contributed by atoms with E-state index in [9.17, 15) is 0 Å². The van der Waals surface area contributed by atoms with Gasteiger partial charge in [0.2, 0.25) is 0 Å². The molecule has 1 N–H and O–H groups in total. The first kappa shape index (κ1) is 17.0. The van der Waals surface area contributed by atoms with Gasteiger partial charge in [0, 0.05) is 17.2 Å². The van der Waals surface area contributed by atoms with Gasteiger partial charge in [0.1, 0.15) is 5.01 Å². The van der Waals surface area contributed by atoms with Crippen LogP contribution in [0.1, 0.15) is 50.2 Å². The summed E-state index contributed by atoms with van der Waals surface area (Å²) in [4.78, 5) is 6.21. The smallest absolute Gasteiger partial charge is 0.103 e. The number of aromatic nitrogens is 1. The van der Waals surface area contributed by atoms with Crippen LogP contribution >= 0.6 is 23.1 Å². The summed E-state index contributed by atoms with van der Waals surface area (Å²) in [6, 6.07) is 0. The minimum Gasteiger partial charge on any atom is -0.312 e. The molecule has 19 heavy (non-hydrogen) atoms. The molecule has 0 aromatic carbocycles. The quantitative estimate of drug-likeness (QED) is 0.734. The molecule has 0 amide bonds. The lowest BCUT2D eigenvalue weighted by atomic mass is 10.2. The van der Waals surface area contributed by atoms with E-state index >= 15 is 0 Å². The molecule has 1 aromatic rings. The van der Waals surface area contributed by atoms with Crippen molar-refractivity contribution in [1.82, 2.24) is 10.3 Å². The Hall–Kier alpha value is -0.0600. The first-order valence-electron chi connectivity index (χ1n) is 7.28. The highest BCUT2D eigenvalue weighted by atomic mass is 32.2. The Morgan fingerprint density at radius 2 is 1.95 bits per heavy atom. The van der Waals surface area contributed by atoms with E-state index in [4.69, 9.17) is 4.98 Å². The maximum Gasteiger partial charge on any atom is 0.103 e. The van der Waals surface area contributed by atoms with Crippen LogP contribution in [-0.4, -0.2) is 17.3 Å². The summed E-state index contributed by atoms with van der Waals surface area (Å²) in [5, 5.41) is 4.82. The SMILES string of the molecule is CCc1nc(CSCC(C)C)sc1CNCC(C)C. The van der Waals surface area contributed by atoms with Crippen LogP contribution in [0.3, 0.4) is 0 Å². The largest absolute Gasteiger partial charge is 0.312 e. The maximum absolute atomic E-state index is 4.78. The number of hydrogen-bond acceptors (Lipinski definition) is 4. The molecule has 110 valence electrons. The molecule has 1 heterocycles. The van der Waals surface area contributed by atoms with E-state index in [1.165, 1.54) is 21.3 Å². The number of rotatable bonds is 9. The van der Waals surface area contributed by atoms with Gasteiger partial charge in [-0.05, 0) is 30.6 Å². The molecule has 0 aliphatic carbocycles. The van der Waals surface area contributed by atoms with Gasteiger partial charge in [-0.25, -0.2) is 4.98 Å². The van der Waals surface area contributed by atoms with E-state index in [1.807, 2.05) is 23.1 Å². The molecule has 4 heteroatoms. The van der Waals surface area contributed by atoms with Gasteiger partial charge in [-0.15, -0.1) is 11.3 Å². The molecule has 0 bridgehead atoms. The summed E-state index contributed by atoms with van der Waals surface area (Å²) in [6.07, 6.45) is 1.05. The fourth-order valence-electron chi connectivity index (χ4n) is 1.77. The number of aryl methyl sites for hydroxylation is 1. The molecule has 2 nitrogen and oxygen atoms in total. The summed E-state index contributed by atoms with van der Waals surface area (Å²) in [5.74, 6) is 3.77. The predicted molar refractivity (Wildman–Crippen MR) is 89.0 cm³/mol. The average molecular weight is 301 g/mol. The Bertz CT molecular complexity index is 359. The molecule has 0 aliphatic rings. The van der Waals surface area contributed by atoms with Crippen molar-refractivity contribution in [2.75, 3.05) is 12.3 Å². The van der Waals surface area contributed by atoms with Crippen molar-refractivity contribution in [3.05, 3.63) is 15.6 Å². The number of thiazole rings is 1. The van der Waals surface area contributed by atoms with Gasteiger partial charge in [-0.2, -0.15) is 11.8 Å². The summed E-state index contributed by atoms with van der Waals surface area (Å²) in [5.41, 5.74) is 1.29. The first-order chi connectivity index (χ1) is 9.02. The normalized spacial score (nSPS) is 11.7. The van der Waals surface area contributed by atoms with Gasteiger partial charge in [0.15, 0.2) is 0 Å². The fourth-order valence-corrected chi connectivity index (χ4v) is 4.01. The van der Waals surface area contributed by atoms with Crippen LogP contribution in [0.5, 0.6) is 0 Å². The summed E-state index contributed by atoms with van der Waals surface area (Å²) in [6.45, 7) is 13.3. The van der Waals surface area contributed by atoms with Gasteiger partial charge in [0.25, 0.3) is 0 Å². The first-order valence-corrected chi connectivity index (χ1v) is 9.25. The molecule has 0 fully saturated rings. The third kappa shape index (κ3) is 6.77. The van der Waals surface area contributed by atoms with E-state index in [1.54, 1.807) is 0 Å². The van der Waals surface area contributed by atoms with Gasteiger partial charge >= 0.3 is 0 Å². The third-order valence-corrected chi connectivity index (χ3v) is 5.33. The van der Waals surface area contributed by atoms with Crippen molar-refractivity contribution in [1.29, 1.82) is 0 Å². The molecule has 0 spiro atoms. The third-order valence-electron chi connectivity index (χ3n) is 2.67. The predicted octanol–water partition coefficient (Wildman–Crippen LogP) is 4.34. The zero-order valence-corrected chi connectivity index (χ0v) is 14.6. The fraction of sp³-hybridized carbons (Fsp3) is 0.800. The van der Waals surface area contributed by atoms with Crippen LogP contribution in [0.4, 0.5) is 0 Å². The van der Waals surface area contributed by atoms with Gasteiger partial charge < -0.3 is 5.32 Å². The zero-order chi connectivity index (χ0) is 14.3. The standard InChI is InChI=1S/C15H28N2S2/c1-6-13-14(8-16-7-11(2)3)19-15(17-13)10-18-9-12(4)5/h11-12,16H,6-10H2,1-5H3. The lowest BCUT2D eigenvalue weighted by molar-refractivity contribution is 0.553. The molecule has 0 unspecified atom stereocenters. The Morgan fingerprint density at radius 1 is 1.21 bits per heavy atom. The topological polar surface area (TPSA) is 24.9 Å². The zero-order valence-electron chi connectivity index (χ0n) is 13.0. The van der Waals surface area contributed by atoms with Crippen LogP contribution < -0.4 is 5.32 Å². The summed E-state index contributed by atoms with van der Waals surface area (Å²) < 4.78 is 0. The lowest BCUT2D eigenvalue weighted by Gasteiger charge is -2.06. The minimum atomic E-state index is 0.707. The van der Waals surface area contributed by atoms with Crippen LogP contribution in [0, 0.1) is 11.8 Å². The number of nitrogens with zero attached hydrogens (tertiary/aromatic N) is 1. The van der Waals surface area contributed by atoms with E-state index in [0.29, 0.717) is 5.92 Å². The molecular formula is C15H28N2S2. The van der Waals surface area contributed by atoms with Gasteiger partial charge in [-0.1, -0.05) is 34.6 Å². The van der Waals surface area contributed by atoms with Crippen molar-refractivity contribution >= 4 is 23.1 Å². The monoisotopic (exact) mass is 300 g/mol. The second-order valence-electron chi connectivity index (χ2n) is 5.76. The Morgan fingerprint density at radius 3 is 2.53 bits per heavy atom. The van der Waals surface area contributed by atoms with Gasteiger partial charge in [-0.3, -0.25) is 0 Å². The minimum absolute atomic E-state index is 0.707. The Labute approximate surface area is 126 Å². The van der Waals surface area contributed by atoms with Gasteiger partial charge in [0.05, 0.1) is 5.69 Å². The summed E-state index contributed by atoms with van der Waals surface area (Å²) >= 11 is 3.90. The van der Waals surface area contributed by atoms with E-state index in [0.717, 1.165) is 31.2 Å². The number of thioether (sulfide) groups is 1. The van der Waals surface area contributed by atoms with Crippen LogP contribution in [0.2, 0.25) is 0 Å². The second-order valence-corrected chi connectivity index (χ2v) is 7.96. The average Bonchev–Trinajstić information content (AvgIpc) is 2.70. The molecule has 0 saturated heterocycles. The Kier molecular flexibility index (Phi) is 8.03. The van der Waals surface area contributed by atoms with E-state index in [-0.39, 0.29) is 0 Å². The molecule has 0 aliphatic heterocycles. The van der Waals surface area contributed by atoms with Crippen molar-refractivity contribution < 1.29 is 0 Å². The maximum atomic E-state index is 4.78. The Balaban J connectivity index is 2.48. The highest BCUT2D eigenvalue weighted by Crippen LogP contribution is 2.24. The molecule has 0 radical (unpaired) electrons. The lowest BCUT2D eigenvalue weighted by Crippen LogP contribution is -2.18. The van der Waals surface area contributed by atoms with Crippen LogP contribution in [0.25, 0.3) is 0 Å². The highest BCUT2D eigenvalue weighted by molar-refractivity contribution is 7.98. The second kappa shape index (κ2) is 8.98.